The molecule has 0 aliphatic heterocycles. The van der Waals surface area contributed by atoms with Gasteiger partial charge in [0.05, 0.1) is 25.0 Å². The van der Waals surface area contributed by atoms with Crippen LogP contribution in [0.5, 0.6) is 34.5 Å². The van der Waals surface area contributed by atoms with Gasteiger partial charge in [-0.15, -0.1) is 0 Å². The van der Waals surface area contributed by atoms with Crippen LogP contribution in [-0.2, 0) is 38.5 Å². The molecule has 6 aromatic rings. The van der Waals surface area contributed by atoms with Crippen molar-refractivity contribution in [1.82, 2.24) is 0 Å². The summed E-state index contributed by atoms with van der Waals surface area (Å²) >= 11 is 0. The van der Waals surface area contributed by atoms with E-state index < -0.39 is 18.0 Å². The molecule has 2 fully saturated rings. The average molecular weight is 913 g/mol. The summed E-state index contributed by atoms with van der Waals surface area (Å²) in [4.78, 5) is 23.7. The number of fused-ring (bicyclic) bond motifs is 2. The maximum Gasteiger partial charge on any atom is 0.309 e. The minimum atomic E-state index is -0.540. The molecule has 0 saturated heterocycles. The van der Waals surface area contributed by atoms with E-state index in [0.717, 1.165) is 29.5 Å². The number of halogens is 3. The van der Waals surface area contributed by atoms with E-state index in [4.69, 9.17) is 28.4 Å². The number of hydrogen-bond donors (Lipinski definition) is 1. The van der Waals surface area contributed by atoms with Crippen molar-refractivity contribution in [2.45, 2.75) is 83.0 Å². The number of carbonyl (C=O) groups is 2. The SMILES string of the molecule is CCOC(=O)[C@H]1C[C@@H]1c1ccc(O[C@@H]2CCc3c(O)ccc(F)c32)cc1.CCOC(=O)[C@H]1C[C@@H]1c1ccc(O[C@@H]2CCc3c(Oc4ccc(OCc5ccccc5)c(F)c4)ccc(F)c32)cc1. The van der Waals surface area contributed by atoms with E-state index in [9.17, 15) is 23.5 Å². The Morgan fingerprint density at radius 1 is 0.582 bits per heavy atom. The number of hydrogen-bond acceptors (Lipinski definition) is 9. The van der Waals surface area contributed by atoms with Gasteiger partial charge in [0.25, 0.3) is 0 Å². The van der Waals surface area contributed by atoms with Crippen LogP contribution in [0.2, 0.25) is 0 Å². The van der Waals surface area contributed by atoms with Crippen molar-refractivity contribution in [1.29, 1.82) is 0 Å². The highest BCUT2D eigenvalue weighted by Gasteiger charge is 2.46. The first-order valence-corrected chi connectivity index (χ1v) is 22.9. The first-order valence-electron chi connectivity index (χ1n) is 22.9. The Hall–Kier alpha value is -6.95. The fourth-order valence-corrected chi connectivity index (χ4v) is 9.21. The molecule has 4 aliphatic rings. The largest absolute Gasteiger partial charge is 0.508 e. The second kappa shape index (κ2) is 19.9. The third-order valence-electron chi connectivity index (χ3n) is 12.8. The number of phenols is 1. The van der Waals surface area contributed by atoms with E-state index in [1.165, 1.54) is 30.3 Å². The third kappa shape index (κ3) is 10.2. The van der Waals surface area contributed by atoms with E-state index in [0.29, 0.717) is 84.1 Å². The molecule has 12 heteroatoms. The number of carbonyl (C=O) groups excluding carboxylic acids is 2. The van der Waals surface area contributed by atoms with E-state index in [1.807, 2.05) is 85.8 Å². The van der Waals surface area contributed by atoms with Crippen LogP contribution >= 0.6 is 0 Å². The Kier molecular flexibility index (Phi) is 13.4. The van der Waals surface area contributed by atoms with Gasteiger partial charge in [-0.1, -0.05) is 54.6 Å². The van der Waals surface area contributed by atoms with Crippen molar-refractivity contribution in [3.05, 3.63) is 178 Å². The summed E-state index contributed by atoms with van der Waals surface area (Å²) in [7, 11) is 0. The number of benzene rings is 6. The van der Waals surface area contributed by atoms with Crippen LogP contribution in [0.1, 0.15) is 103 Å². The highest BCUT2D eigenvalue weighted by atomic mass is 19.1. The van der Waals surface area contributed by atoms with Crippen LogP contribution in [0.4, 0.5) is 13.2 Å². The van der Waals surface area contributed by atoms with Crippen LogP contribution in [-0.4, -0.2) is 30.3 Å². The second-order valence-corrected chi connectivity index (χ2v) is 17.2. The van der Waals surface area contributed by atoms with Gasteiger partial charge >= 0.3 is 11.9 Å². The number of rotatable bonds is 15. The molecule has 4 aliphatic carbocycles. The Morgan fingerprint density at radius 2 is 1.09 bits per heavy atom. The molecule has 6 atom stereocenters. The monoisotopic (exact) mass is 912 g/mol. The predicted molar refractivity (Wildman–Crippen MR) is 243 cm³/mol. The summed E-state index contributed by atoms with van der Waals surface area (Å²) in [5.74, 6) is 1.04. The maximum absolute atomic E-state index is 15.0. The number of ether oxygens (including phenoxy) is 6. The lowest BCUT2D eigenvalue weighted by Crippen LogP contribution is -2.07. The van der Waals surface area contributed by atoms with E-state index in [-0.39, 0.29) is 65.4 Å². The van der Waals surface area contributed by atoms with Crippen molar-refractivity contribution in [2.24, 2.45) is 11.8 Å². The third-order valence-corrected chi connectivity index (χ3v) is 12.8. The molecule has 0 amide bonds. The number of phenolic OH excluding ortho intramolecular Hbond substituents is 1. The van der Waals surface area contributed by atoms with E-state index in [1.54, 1.807) is 19.1 Å². The smallest absolute Gasteiger partial charge is 0.309 e. The summed E-state index contributed by atoms with van der Waals surface area (Å²) in [5.41, 5.74) is 5.36. The van der Waals surface area contributed by atoms with Gasteiger partial charge in [0.1, 0.15) is 59.2 Å². The van der Waals surface area contributed by atoms with Crippen LogP contribution in [0.25, 0.3) is 0 Å². The Labute approximate surface area is 387 Å². The zero-order valence-corrected chi connectivity index (χ0v) is 37.2. The van der Waals surface area contributed by atoms with Crippen LogP contribution in [0, 0.1) is 29.3 Å². The predicted octanol–water partition coefficient (Wildman–Crippen LogP) is 12.3. The molecule has 2 saturated carbocycles. The summed E-state index contributed by atoms with van der Waals surface area (Å²) in [6.45, 7) is 4.66. The maximum atomic E-state index is 15.0. The number of aromatic hydroxyl groups is 1. The van der Waals surface area contributed by atoms with Crippen molar-refractivity contribution in [2.75, 3.05) is 13.2 Å². The van der Waals surface area contributed by atoms with E-state index >= 15 is 4.39 Å². The van der Waals surface area contributed by atoms with Crippen molar-refractivity contribution in [3.8, 4) is 34.5 Å². The fourth-order valence-electron chi connectivity index (χ4n) is 9.21. The molecule has 6 aromatic carbocycles. The molecule has 0 spiro atoms. The molecule has 0 heterocycles. The zero-order chi connectivity index (χ0) is 46.6. The summed E-state index contributed by atoms with van der Waals surface area (Å²) in [6, 6.07) is 34.8. The molecule has 0 radical (unpaired) electrons. The summed E-state index contributed by atoms with van der Waals surface area (Å²) in [6.07, 6.45) is 3.13. The first kappa shape index (κ1) is 45.2. The number of esters is 2. The molecule has 0 unspecified atom stereocenters. The molecule has 0 aromatic heterocycles. The van der Waals surface area contributed by atoms with Gasteiger partial charge in [0.15, 0.2) is 11.6 Å². The molecular formula is C55H51F3O9. The second-order valence-electron chi connectivity index (χ2n) is 17.2. The minimum Gasteiger partial charge on any atom is -0.508 e. The highest BCUT2D eigenvalue weighted by molar-refractivity contribution is 5.78. The molecule has 0 bridgehead atoms. The lowest BCUT2D eigenvalue weighted by Gasteiger charge is -2.17. The minimum absolute atomic E-state index is 0.0412. The molecule has 9 nitrogen and oxygen atoms in total. The van der Waals surface area contributed by atoms with Gasteiger partial charge < -0.3 is 33.5 Å². The van der Waals surface area contributed by atoms with Crippen LogP contribution in [0.3, 0.4) is 0 Å². The average Bonchev–Trinajstić information content (AvgIpc) is 4.24. The Balaban J connectivity index is 0.000000186. The zero-order valence-electron chi connectivity index (χ0n) is 37.2. The van der Waals surface area contributed by atoms with E-state index in [2.05, 4.69) is 0 Å². The van der Waals surface area contributed by atoms with Crippen molar-refractivity contribution < 1.29 is 56.3 Å². The van der Waals surface area contributed by atoms with Gasteiger partial charge in [0, 0.05) is 28.3 Å². The molecular weight excluding hydrogens is 862 g/mol. The molecule has 346 valence electrons. The van der Waals surface area contributed by atoms with Crippen LogP contribution < -0.4 is 18.9 Å². The topological polar surface area (TPSA) is 110 Å². The van der Waals surface area contributed by atoms with Crippen LogP contribution in [0.15, 0.2) is 121 Å². The van der Waals surface area contributed by atoms with Gasteiger partial charge in [0.2, 0.25) is 0 Å². The summed E-state index contributed by atoms with van der Waals surface area (Å²) < 4.78 is 77.9. The highest BCUT2D eigenvalue weighted by Crippen LogP contribution is 2.50. The Morgan fingerprint density at radius 3 is 1.64 bits per heavy atom. The summed E-state index contributed by atoms with van der Waals surface area (Å²) in [5, 5.41) is 9.89. The lowest BCUT2D eigenvalue weighted by molar-refractivity contribution is -0.145. The first-order chi connectivity index (χ1) is 32.6. The van der Waals surface area contributed by atoms with Crippen molar-refractivity contribution in [3.63, 3.8) is 0 Å². The standard InChI is InChI=1S/C34H30F2O5.C21H21FO4/c1-2-38-34(37)27-19-26(27)22-8-10-23(11-9-22)40-32-16-13-25-30(17-14-28(35)33(25)32)41-24-12-15-31(29(36)18-24)39-20-21-6-4-3-5-7-21;1-2-25-21(24)16-11-15(16)12-3-5-13(6-4-12)26-19-10-7-14-18(23)9-8-17(22)20(14)19/h3-12,14-15,17-18,26-27,32H,2,13,16,19-20H2,1H3;3-6,8-9,15-16,19,23H,2,7,10-11H2,1H3/t26-,27+,32-;15-,16+,19-/m11/s1. The molecule has 1 N–H and O–H groups in total. The van der Waals surface area contributed by atoms with Gasteiger partial charge in [-0.2, -0.15) is 0 Å². The fraction of sp³-hybridized carbons (Fsp3) is 0.309. The van der Waals surface area contributed by atoms with Gasteiger partial charge in [-0.25, -0.2) is 13.2 Å². The molecule has 67 heavy (non-hydrogen) atoms. The van der Waals surface area contributed by atoms with Gasteiger partial charge in [-0.05, 0) is 142 Å². The quantitative estimate of drug-likeness (QED) is 0.101. The van der Waals surface area contributed by atoms with Crippen molar-refractivity contribution >= 4 is 11.9 Å². The molecule has 10 rings (SSSR count). The Bertz CT molecular complexity index is 2730. The van der Waals surface area contributed by atoms with Gasteiger partial charge in [-0.3, -0.25) is 9.59 Å². The normalized spacial score (nSPS) is 20.6. The lowest BCUT2D eigenvalue weighted by atomic mass is 10.1.